The van der Waals surface area contributed by atoms with Crippen LogP contribution in [-0.2, 0) is 0 Å². The van der Waals surface area contributed by atoms with Crippen molar-refractivity contribution in [2.24, 2.45) is 10.9 Å². The van der Waals surface area contributed by atoms with E-state index in [9.17, 15) is 5.11 Å². The van der Waals surface area contributed by atoms with Crippen molar-refractivity contribution in [3.63, 3.8) is 0 Å². The normalized spacial score (nSPS) is 13.0. The molecule has 0 spiro atoms. The zero-order valence-corrected chi connectivity index (χ0v) is 11.5. The molecular formula is C16H15N3O2. The van der Waals surface area contributed by atoms with Crippen LogP contribution in [0.25, 0.3) is 10.9 Å². The van der Waals surface area contributed by atoms with Crippen LogP contribution in [0.15, 0.2) is 52.0 Å². The molecule has 3 N–H and O–H groups in total. The van der Waals surface area contributed by atoms with Crippen LogP contribution in [-0.4, -0.2) is 16.3 Å². The number of nitrogens with zero attached hydrogens (tertiary/aromatic N) is 2. The number of rotatable bonds is 3. The molecule has 1 unspecified atom stereocenters. The second-order valence-corrected chi connectivity index (χ2v) is 4.80. The fourth-order valence-corrected chi connectivity index (χ4v) is 2.32. The first-order valence-electron chi connectivity index (χ1n) is 6.56. The molecule has 0 saturated heterocycles. The molecule has 0 aliphatic carbocycles. The maximum Gasteiger partial charge on any atom is 0.153 e. The molecule has 0 bridgehead atoms. The Morgan fingerprint density at radius 3 is 2.90 bits per heavy atom. The summed E-state index contributed by atoms with van der Waals surface area (Å²) in [7, 11) is 0. The van der Waals surface area contributed by atoms with E-state index in [1.807, 2.05) is 37.3 Å². The highest BCUT2D eigenvalue weighted by molar-refractivity contribution is 5.82. The molecule has 3 aromatic rings. The number of hydrazone groups is 1. The Morgan fingerprint density at radius 1 is 1.29 bits per heavy atom. The lowest BCUT2D eigenvalue weighted by Gasteiger charge is -2.10. The van der Waals surface area contributed by atoms with Crippen LogP contribution in [0, 0.1) is 6.92 Å². The fourth-order valence-electron chi connectivity index (χ4n) is 2.32. The molecule has 21 heavy (non-hydrogen) atoms. The summed E-state index contributed by atoms with van der Waals surface area (Å²) in [6.45, 7) is 1.99. The largest absolute Gasteiger partial charge is 0.457 e. The first-order valence-corrected chi connectivity index (χ1v) is 6.56. The maximum atomic E-state index is 10.4. The number of aliphatic hydroxyl groups is 1. The summed E-state index contributed by atoms with van der Waals surface area (Å²) >= 11 is 0. The van der Waals surface area contributed by atoms with Gasteiger partial charge >= 0.3 is 0 Å². The number of aliphatic hydroxyl groups excluding tert-OH is 1. The van der Waals surface area contributed by atoms with Gasteiger partial charge in [-0.1, -0.05) is 18.2 Å². The molecule has 0 amide bonds. The van der Waals surface area contributed by atoms with Gasteiger partial charge < -0.3 is 15.4 Å². The summed E-state index contributed by atoms with van der Waals surface area (Å²) in [6.07, 6.45) is 0.461. The van der Waals surface area contributed by atoms with Crippen molar-refractivity contribution in [2.75, 3.05) is 0 Å². The van der Waals surface area contributed by atoms with E-state index in [4.69, 9.17) is 10.3 Å². The lowest BCUT2D eigenvalue weighted by Crippen LogP contribution is -2.02. The number of nitrogens with two attached hydrogens (primary N) is 1. The predicted octanol–water partition coefficient (Wildman–Crippen LogP) is 2.51. The summed E-state index contributed by atoms with van der Waals surface area (Å²) in [6, 6.07) is 13.1. The van der Waals surface area contributed by atoms with E-state index in [2.05, 4.69) is 10.1 Å². The Kier molecular flexibility index (Phi) is 3.41. The Hall–Kier alpha value is -2.66. The van der Waals surface area contributed by atoms with E-state index in [0.717, 1.165) is 16.5 Å². The third kappa shape index (κ3) is 2.51. The van der Waals surface area contributed by atoms with E-state index in [-0.39, 0.29) is 0 Å². The van der Waals surface area contributed by atoms with E-state index in [0.29, 0.717) is 17.2 Å². The second kappa shape index (κ2) is 5.38. The van der Waals surface area contributed by atoms with Gasteiger partial charge in [0.25, 0.3) is 0 Å². The summed E-state index contributed by atoms with van der Waals surface area (Å²) < 4.78 is 5.47. The van der Waals surface area contributed by atoms with Crippen LogP contribution in [0.1, 0.15) is 28.9 Å². The maximum absolute atomic E-state index is 10.4. The van der Waals surface area contributed by atoms with E-state index in [1.165, 1.54) is 6.21 Å². The Morgan fingerprint density at radius 2 is 2.10 bits per heavy atom. The lowest BCUT2D eigenvalue weighted by molar-refractivity contribution is 0.185. The smallest absolute Gasteiger partial charge is 0.153 e. The molecule has 0 saturated carbocycles. The Labute approximate surface area is 121 Å². The van der Waals surface area contributed by atoms with Gasteiger partial charge in [-0.05, 0) is 36.8 Å². The number of hydrogen-bond acceptors (Lipinski definition) is 5. The number of hydrogen-bond donors (Lipinski definition) is 2. The average Bonchev–Trinajstić information content (AvgIpc) is 2.95. The van der Waals surface area contributed by atoms with Crippen molar-refractivity contribution < 1.29 is 9.52 Å². The highest BCUT2D eigenvalue weighted by Gasteiger charge is 2.17. The summed E-state index contributed by atoms with van der Waals surface area (Å²) in [4.78, 5) is 4.50. The molecule has 3 rings (SSSR count). The minimum Gasteiger partial charge on any atom is -0.457 e. The molecule has 5 nitrogen and oxygen atoms in total. The fraction of sp³-hybridized carbons (Fsp3) is 0.125. The van der Waals surface area contributed by atoms with Gasteiger partial charge in [-0.3, -0.25) is 0 Å². The van der Waals surface area contributed by atoms with Gasteiger partial charge in [0.05, 0.1) is 17.4 Å². The molecule has 0 aliphatic rings. The monoisotopic (exact) mass is 281 g/mol. The number of aromatic nitrogens is 1. The standard InChI is InChI=1S/C16H15N3O2/c1-10-8-14(19-13-5-3-2-4-12(10)13)16(20)15-7-6-11(21-15)9-18-17/h2-9,16,20H,17H2,1H3/b18-9+. The van der Waals surface area contributed by atoms with Gasteiger partial charge in [0, 0.05) is 5.39 Å². The Bertz CT molecular complexity index is 808. The van der Waals surface area contributed by atoms with Gasteiger partial charge in [-0.2, -0.15) is 5.10 Å². The quantitative estimate of drug-likeness (QED) is 0.439. The van der Waals surface area contributed by atoms with Gasteiger partial charge in [0.2, 0.25) is 0 Å². The van der Waals surface area contributed by atoms with Gasteiger partial charge in [-0.15, -0.1) is 0 Å². The van der Waals surface area contributed by atoms with Gasteiger partial charge in [-0.25, -0.2) is 4.98 Å². The highest BCUT2D eigenvalue weighted by atomic mass is 16.4. The first-order chi connectivity index (χ1) is 10.2. The molecule has 2 aromatic heterocycles. The molecular weight excluding hydrogens is 266 g/mol. The number of pyridine rings is 1. The minimum atomic E-state index is -0.923. The van der Waals surface area contributed by atoms with Crippen molar-refractivity contribution in [2.45, 2.75) is 13.0 Å². The zero-order valence-electron chi connectivity index (χ0n) is 11.5. The number of fused-ring (bicyclic) bond motifs is 1. The van der Waals surface area contributed by atoms with Crippen LogP contribution in [0.5, 0.6) is 0 Å². The van der Waals surface area contributed by atoms with Crippen LogP contribution in [0.4, 0.5) is 0 Å². The minimum absolute atomic E-state index is 0.409. The lowest BCUT2D eigenvalue weighted by atomic mass is 10.1. The summed E-state index contributed by atoms with van der Waals surface area (Å²) in [5.41, 5.74) is 2.46. The van der Waals surface area contributed by atoms with Crippen LogP contribution >= 0.6 is 0 Å². The van der Waals surface area contributed by atoms with Crippen molar-refractivity contribution in [1.82, 2.24) is 4.98 Å². The van der Waals surface area contributed by atoms with E-state index < -0.39 is 6.10 Å². The third-order valence-corrected chi connectivity index (χ3v) is 3.34. The number of aryl methyl sites for hydroxylation is 1. The second-order valence-electron chi connectivity index (χ2n) is 4.80. The molecule has 0 aliphatic heterocycles. The number of furan rings is 1. The summed E-state index contributed by atoms with van der Waals surface area (Å²) in [5.74, 6) is 5.97. The van der Waals surface area contributed by atoms with E-state index >= 15 is 0 Å². The summed E-state index contributed by atoms with van der Waals surface area (Å²) in [5, 5.41) is 14.9. The van der Waals surface area contributed by atoms with Crippen molar-refractivity contribution in [1.29, 1.82) is 0 Å². The molecule has 0 radical (unpaired) electrons. The van der Waals surface area contributed by atoms with Crippen molar-refractivity contribution >= 4 is 17.1 Å². The third-order valence-electron chi connectivity index (χ3n) is 3.34. The van der Waals surface area contributed by atoms with Crippen LogP contribution in [0.3, 0.4) is 0 Å². The van der Waals surface area contributed by atoms with Crippen molar-refractivity contribution in [3.8, 4) is 0 Å². The van der Waals surface area contributed by atoms with E-state index in [1.54, 1.807) is 12.1 Å². The van der Waals surface area contributed by atoms with Gasteiger partial charge in [0.15, 0.2) is 6.10 Å². The highest BCUT2D eigenvalue weighted by Crippen LogP contribution is 2.26. The molecule has 5 heteroatoms. The van der Waals surface area contributed by atoms with Gasteiger partial charge in [0.1, 0.15) is 11.5 Å². The first kappa shape index (κ1) is 13.3. The molecule has 2 heterocycles. The predicted molar refractivity (Wildman–Crippen MR) is 81.0 cm³/mol. The zero-order chi connectivity index (χ0) is 14.8. The number of para-hydroxylation sites is 1. The average molecular weight is 281 g/mol. The molecule has 0 fully saturated rings. The van der Waals surface area contributed by atoms with Crippen LogP contribution in [0.2, 0.25) is 0 Å². The SMILES string of the molecule is Cc1cc(C(O)c2ccc(/C=N/N)o2)nc2ccccc12. The van der Waals surface area contributed by atoms with Crippen LogP contribution < -0.4 is 5.84 Å². The molecule has 106 valence electrons. The Balaban J connectivity index is 2.02. The molecule has 1 aromatic carbocycles. The molecule has 1 atom stereocenters. The van der Waals surface area contributed by atoms with Crippen molar-refractivity contribution in [3.05, 3.63) is 65.2 Å². The number of benzene rings is 1. The topological polar surface area (TPSA) is 84.6 Å².